The van der Waals surface area contributed by atoms with Crippen LogP contribution in [0.2, 0.25) is 0 Å². The number of likely N-dealkylation sites (N-methyl/N-ethyl adjacent to an activating group) is 2. The average molecular weight is 441 g/mol. The first-order valence-corrected chi connectivity index (χ1v) is 10.7. The molecule has 2 aromatic heterocycles. The zero-order valence-electron chi connectivity index (χ0n) is 18.8. The maximum Gasteiger partial charge on any atom is 0.332 e. The summed E-state index contributed by atoms with van der Waals surface area (Å²) in [6.45, 7) is 4.43. The van der Waals surface area contributed by atoms with Gasteiger partial charge in [0.15, 0.2) is 11.2 Å². The first-order valence-electron chi connectivity index (χ1n) is 10.7. The lowest BCUT2D eigenvalue weighted by Crippen LogP contribution is -2.46. The lowest BCUT2D eigenvalue weighted by atomic mass is 10.1. The minimum absolute atomic E-state index is 0.0565. The molecule has 0 saturated carbocycles. The van der Waals surface area contributed by atoms with E-state index >= 15 is 0 Å². The Kier molecular flexibility index (Phi) is 5.77. The van der Waals surface area contributed by atoms with E-state index in [-0.39, 0.29) is 18.4 Å². The van der Waals surface area contributed by atoms with Crippen molar-refractivity contribution in [3.63, 3.8) is 0 Å². The second kappa shape index (κ2) is 8.52. The van der Waals surface area contributed by atoms with Crippen molar-refractivity contribution in [1.29, 1.82) is 0 Å². The van der Waals surface area contributed by atoms with Gasteiger partial charge in [-0.1, -0.05) is 12.1 Å². The number of rotatable bonds is 6. The number of anilines is 1. The summed E-state index contributed by atoms with van der Waals surface area (Å²) in [5.74, 6) is 0.775. The van der Waals surface area contributed by atoms with Crippen molar-refractivity contribution < 1.29 is 9.53 Å². The summed E-state index contributed by atoms with van der Waals surface area (Å²) in [5, 5.41) is 0. The van der Waals surface area contributed by atoms with Crippen LogP contribution < -0.4 is 20.9 Å². The quantitative estimate of drug-likeness (QED) is 0.556. The third-order valence-electron chi connectivity index (χ3n) is 5.99. The Balaban J connectivity index is 1.43. The van der Waals surface area contributed by atoms with E-state index in [1.54, 1.807) is 23.6 Å². The smallest absolute Gasteiger partial charge is 0.332 e. The van der Waals surface area contributed by atoms with Crippen LogP contribution in [0.15, 0.2) is 40.2 Å². The molecule has 1 aliphatic rings. The summed E-state index contributed by atoms with van der Waals surface area (Å²) in [7, 11) is 4.77. The summed E-state index contributed by atoms with van der Waals surface area (Å²) in [5.41, 5.74) is 0.848. The molecule has 3 heterocycles. The van der Waals surface area contributed by atoms with E-state index in [9.17, 15) is 14.4 Å². The molecule has 0 radical (unpaired) electrons. The van der Waals surface area contributed by atoms with Gasteiger partial charge in [0.25, 0.3) is 5.56 Å². The van der Waals surface area contributed by atoms with Crippen molar-refractivity contribution in [3.05, 3.63) is 51.4 Å². The zero-order valence-corrected chi connectivity index (χ0v) is 18.8. The third-order valence-corrected chi connectivity index (χ3v) is 5.99. The summed E-state index contributed by atoms with van der Waals surface area (Å²) in [6.07, 6.45) is 1.57. The molecular weight excluding hydrogens is 412 g/mol. The molecule has 0 aliphatic carbocycles. The van der Waals surface area contributed by atoms with Gasteiger partial charge < -0.3 is 19.1 Å². The number of hydrogen-bond donors (Lipinski definition) is 0. The Labute approximate surface area is 185 Å². The van der Waals surface area contributed by atoms with Crippen LogP contribution in [0, 0.1) is 0 Å². The molecule has 10 heteroatoms. The minimum atomic E-state index is -0.432. The number of aromatic nitrogens is 4. The van der Waals surface area contributed by atoms with Gasteiger partial charge in [-0.3, -0.25) is 18.7 Å². The molecule has 0 fully saturated rings. The molecule has 32 heavy (non-hydrogen) atoms. The predicted molar refractivity (Wildman–Crippen MR) is 121 cm³/mol. The Bertz CT molecular complexity index is 1270. The third kappa shape index (κ3) is 3.76. The van der Waals surface area contributed by atoms with Crippen LogP contribution >= 0.6 is 0 Å². The van der Waals surface area contributed by atoms with Gasteiger partial charge >= 0.3 is 5.69 Å². The molecule has 3 aromatic rings. The average Bonchev–Trinajstić information content (AvgIpc) is 3.23. The number of amides is 1. The van der Waals surface area contributed by atoms with Crippen molar-refractivity contribution >= 4 is 22.8 Å². The number of fused-ring (bicyclic) bond motifs is 2. The van der Waals surface area contributed by atoms with Gasteiger partial charge in [-0.05, 0) is 19.1 Å². The van der Waals surface area contributed by atoms with Gasteiger partial charge in [-0.15, -0.1) is 0 Å². The molecule has 1 amide bonds. The molecule has 1 aromatic carbocycles. The van der Waals surface area contributed by atoms with E-state index in [1.165, 1.54) is 17.9 Å². The molecule has 1 atom stereocenters. The summed E-state index contributed by atoms with van der Waals surface area (Å²) in [6, 6.07) is 7.93. The fourth-order valence-corrected chi connectivity index (χ4v) is 4.15. The van der Waals surface area contributed by atoms with Crippen LogP contribution in [0.25, 0.3) is 11.2 Å². The second-order valence-electron chi connectivity index (χ2n) is 8.09. The highest BCUT2D eigenvalue weighted by Crippen LogP contribution is 2.32. The molecule has 4 rings (SSSR count). The monoisotopic (exact) mass is 440 g/mol. The fraction of sp³-hybridized carbons (Fsp3) is 0.455. The van der Waals surface area contributed by atoms with Crippen LogP contribution in [0.4, 0.5) is 5.69 Å². The number of benzene rings is 1. The standard InChI is InChI=1S/C22H28N6O4/c1-5-27-13-15(32-17-9-7-6-8-16(17)27)12-24(2)18(29)10-11-28-14-23-20-19(28)21(30)26(4)22(31)25(20)3/h6-9,14-15H,5,10-13H2,1-4H3/t15-/m0/s1. The van der Waals surface area contributed by atoms with Crippen LogP contribution in [0.3, 0.4) is 0 Å². The maximum absolute atomic E-state index is 12.8. The Morgan fingerprint density at radius 2 is 1.97 bits per heavy atom. The van der Waals surface area contributed by atoms with Gasteiger partial charge in [0, 0.05) is 40.7 Å². The largest absolute Gasteiger partial charge is 0.485 e. The summed E-state index contributed by atoms with van der Waals surface area (Å²) in [4.78, 5) is 45.6. The van der Waals surface area contributed by atoms with Crippen molar-refractivity contribution in [2.75, 3.05) is 31.6 Å². The van der Waals surface area contributed by atoms with Crippen molar-refractivity contribution in [2.45, 2.75) is 26.0 Å². The normalized spacial score (nSPS) is 15.5. The van der Waals surface area contributed by atoms with Crippen LogP contribution in [-0.2, 0) is 25.4 Å². The van der Waals surface area contributed by atoms with Gasteiger partial charge in [-0.2, -0.15) is 0 Å². The highest BCUT2D eigenvalue weighted by molar-refractivity contribution is 5.76. The topological polar surface area (TPSA) is 94.6 Å². The minimum Gasteiger partial charge on any atom is -0.485 e. The maximum atomic E-state index is 12.8. The number of ether oxygens (including phenoxy) is 1. The number of carbonyl (C=O) groups excluding carboxylic acids is 1. The van der Waals surface area contributed by atoms with E-state index in [0.717, 1.165) is 22.5 Å². The lowest BCUT2D eigenvalue weighted by Gasteiger charge is -2.37. The van der Waals surface area contributed by atoms with E-state index in [0.29, 0.717) is 30.8 Å². The van der Waals surface area contributed by atoms with Crippen molar-refractivity contribution in [1.82, 2.24) is 23.6 Å². The number of nitrogens with zero attached hydrogens (tertiary/aromatic N) is 6. The van der Waals surface area contributed by atoms with Gasteiger partial charge in [-0.25, -0.2) is 9.78 Å². The molecule has 10 nitrogen and oxygen atoms in total. The van der Waals surface area contributed by atoms with E-state index < -0.39 is 11.2 Å². The summed E-state index contributed by atoms with van der Waals surface area (Å²) >= 11 is 0. The van der Waals surface area contributed by atoms with E-state index in [4.69, 9.17) is 4.74 Å². The van der Waals surface area contributed by atoms with E-state index in [2.05, 4.69) is 16.8 Å². The highest BCUT2D eigenvalue weighted by Gasteiger charge is 2.26. The number of carbonyl (C=O) groups is 1. The van der Waals surface area contributed by atoms with Crippen molar-refractivity contribution in [3.8, 4) is 5.75 Å². The number of imidazole rings is 1. The molecule has 0 bridgehead atoms. The number of hydrogen-bond acceptors (Lipinski definition) is 6. The molecule has 0 unspecified atom stereocenters. The van der Waals surface area contributed by atoms with E-state index in [1.807, 2.05) is 24.3 Å². The second-order valence-corrected chi connectivity index (χ2v) is 8.09. The molecule has 1 aliphatic heterocycles. The lowest BCUT2D eigenvalue weighted by molar-refractivity contribution is -0.131. The van der Waals surface area contributed by atoms with Crippen molar-refractivity contribution in [2.24, 2.45) is 14.1 Å². The molecule has 0 N–H and O–H groups in total. The van der Waals surface area contributed by atoms with Crippen LogP contribution in [-0.4, -0.2) is 62.3 Å². The number of aryl methyl sites for hydroxylation is 2. The molecule has 0 saturated heterocycles. The highest BCUT2D eigenvalue weighted by atomic mass is 16.5. The van der Waals surface area contributed by atoms with Gasteiger partial charge in [0.05, 0.1) is 25.1 Å². The van der Waals surface area contributed by atoms with Gasteiger partial charge in [0.1, 0.15) is 11.9 Å². The molecule has 170 valence electrons. The molecular formula is C22H28N6O4. The Morgan fingerprint density at radius 1 is 1.22 bits per heavy atom. The fourth-order valence-electron chi connectivity index (χ4n) is 4.15. The molecule has 0 spiro atoms. The van der Waals surface area contributed by atoms with Gasteiger partial charge in [0.2, 0.25) is 5.91 Å². The zero-order chi connectivity index (χ0) is 23.0. The SMILES string of the molecule is CCN1C[C@H](CN(C)C(=O)CCn2cnc3c2c(=O)n(C)c(=O)n3C)Oc2ccccc21. The first kappa shape index (κ1) is 21.7. The Morgan fingerprint density at radius 3 is 2.72 bits per heavy atom. The Hall–Kier alpha value is -3.56. The summed E-state index contributed by atoms with van der Waals surface area (Å²) < 4.78 is 10.1. The first-order chi connectivity index (χ1) is 15.3. The van der Waals surface area contributed by atoms with Crippen LogP contribution in [0.1, 0.15) is 13.3 Å². The number of para-hydroxylation sites is 2. The predicted octanol–water partition coefficient (Wildman–Crippen LogP) is 0.570. The van der Waals surface area contributed by atoms with Crippen LogP contribution in [0.5, 0.6) is 5.75 Å².